The molecule has 8 heteroatoms. The van der Waals surface area contributed by atoms with Crippen molar-refractivity contribution in [1.29, 1.82) is 0 Å². The molecule has 0 saturated carbocycles. The van der Waals surface area contributed by atoms with Gasteiger partial charge in [-0.15, -0.1) is 0 Å². The lowest BCUT2D eigenvalue weighted by atomic mass is 10.1. The number of anilines is 1. The van der Waals surface area contributed by atoms with E-state index in [1.165, 1.54) is 18.5 Å². The molecule has 0 amide bonds. The second-order valence-electron chi connectivity index (χ2n) is 4.92. The van der Waals surface area contributed by atoms with Gasteiger partial charge in [-0.05, 0) is 12.1 Å². The summed E-state index contributed by atoms with van der Waals surface area (Å²) in [7, 11) is 0. The molecule has 3 aromatic heterocycles. The summed E-state index contributed by atoms with van der Waals surface area (Å²) in [6.45, 7) is 0. The monoisotopic (exact) mass is 311 g/mol. The minimum atomic E-state index is -0.347. The standard InChI is InChI=1S/C15H10FN5O2/c16-9-1-2-10-8(6-22-12(10)4-9)3-14-20-15(21-23-14)11-5-13(17)19-7-18-11/h1-2,4-7H,3H2,(H2,17,18,19). The minimum absolute atomic E-state index is 0.323. The van der Waals surface area contributed by atoms with E-state index in [0.29, 0.717) is 35.2 Å². The van der Waals surface area contributed by atoms with Crippen LogP contribution in [-0.4, -0.2) is 20.1 Å². The smallest absolute Gasteiger partial charge is 0.231 e. The SMILES string of the molecule is Nc1cc(-c2noc(Cc3coc4cc(F)ccc34)n2)ncn1. The van der Waals surface area contributed by atoms with Crippen LogP contribution in [0.5, 0.6) is 0 Å². The number of rotatable bonds is 3. The average molecular weight is 311 g/mol. The highest BCUT2D eigenvalue weighted by atomic mass is 19.1. The molecule has 4 aromatic rings. The first-order chi connectivity index (χ1) is 11.2. The molecule has 1 aromatic carbocycles. The van der Waals surface area contributed by atoms with E-state index in [4.69, 9.17) is 14.7 Å². The molecule has 0 unspecified atom stereocenters. The van der Waals surface area contributed by atoms with Crippen LogP contribution in [0.3, 0.4) is 0 Å². The Labute approximate surface area is 129 Å². The van der Waals surface area contributed by atoms with Crippen molar-refractivity contribution >= 4 is 16.8 Å². The van der Waals surface area contributed by atoms with Gasteiger partial charge >= 0.3 is 0 Å². The van der Waals surface area contributed by atoms with Crippen LogP contribution in [0, 0.1) is 5.82 Å². The molecule has 4 rings (SSSR count). The summed E-state index contributed by atoms with van der Waals surface area (Å²) < 4.78 is 23.7. The van der Waals surface area contributed by atoms with Gasteiger partial charge in [-0.3, -0.25) is 0 Å². The van der Waals surface area contributed by atoms with Crippen molar-refractivity contribution in [3.63, 3.8) is 0 Å². The van der Waals surface area contributed by atoms with Crippen molar-refractivity contribution in [3.05, 3.63) is 54.1 Å². The van der Waals surface area contributed by atoms with Crippen molar-refractivity contribution in [1.82, 2.24) is 20.1 Å². The molecular weight excluding hydrogens is 301 g/mol. The van der Waals surface area contributed by atoms with Gasteiger partial charge in [0.15, 0.2) is 0 Å². The predicted octanol–water partition coefficient (Wildman–Crippen LogP) is 2.58. The maximum Gasteiger partial charge on any atom is 0.231 e. The van der Waals surface area contributed by atoms with Crippen LogP contribution in [0.25, 0.3) is 22.5 Å². The van der Waals surface area contributed by atoms with E-state index in [1.807, 2.05) is 0 Å². The third-order valence-corrected chi connectivity index (χ3v) is 3.34. The first-order valence-electron chi connectivity index (χ1n) is 6.75. The quantitative estimate of drug-likeness (QED) is 0.620. The number of fused-ring (bicyclic) bond motifs is 1. The number of benzene rings is 1. The Bertz CT molecular complexity index is 994. The van der Waals surface area contributed by atoms with Crippen molar-refractivity contribution in [2.24, 2.45) is 0 Å². The number of aromatic nitrogens is 4. The van der Waals surface area contributed by atoms with Crippen molar-refractivity contribution in [2.75, 3.05) is 5.73 Å². The molecule has 2 N–H and O–H groups in total. The van der Waals surface area contributed by atoms with Gasteiger partial charge in [0.1, 0.15) is 29.2 Å². The van der Waals surface area contributed by atoms with Crippen LogP contribution >= 0.6 is 0 Å². The van der Waals surface area contributed by atoms with Crippen molar-refractivity contribution < 1.29 is 13.3 Å². The summed E-state index contributed by atoms with van der Waals surface area (Å²) in [5, 5.41) is 4.68. The van der Waals surface area contributed by atoms with Gasteiger partial charge in [0.25, 0.3) is 0 Å². The topological polar surface area (TPSA) is 104 Å². The van der Waals surface area contributed by atoms with Crippen LogP contribution in [0.1, 0.15) is 11.5 Å². The highest BCUT2D eigenvalue weighted by molar-refractivity contribution is 5.81. The third-order valence-electron chi connectivity index (χ3n) is 3.34. The minimum Gasteiger partial charge on any atom is -0.464 e. The molecule has 0 saturated heterocycles. The van der Waals surface area contributed by atoms with Gasteiger partial charge in [-0.2, -0.15) is 4.98 Å². The van der Waals surface area contributed by atoms with Gasteiger partial charge in [0.05, 0.1) is 12.7 Å². The predicted molar refractivity (Wildman–Crippen MR) is 78.7 cm³/mol. The van der Waals surface area contributed by atoms with E-state index < -0.39 is 0 Å². The lowest BCUT2D eigenvalue weighted by molar-refractivity contribution is 0.385. The number of furan rings is 1. The van der Waals surface area contributed by atoms with Gasteiger partial charge in [0.2, 0.25) is 11.7 Å². The van der Waals surface area contributed by atoms with Gasteiger partial charge in [0, 0.05) is 23.1 Å². The molecular formula is C15H10FN5O2. The molecule has 0 bridgehead atoms. The molecule has 3 heterocycles. The third kappa shape index (κ3) is 2.50. The van der Waals surface area contributed by atoms with Crippen LogP contribution in [0.2, 0.25) is 0 Å². The molecule has 23 heavy (non-hydrogen) atoms. The normalized spacial score (nSPS) is 11.2. The Morgan fingerprint density at radius 3 is 2.96 bits per heavy atom. The van der Waals surface area contributed by atoms with Crippen molar-refractivity contribution in [3.8, 4) is 11.5 Å². The first-order valence-corrected chi connectivity index (χ1v) is 6.75. The average Bonchev–Trinajstić information content (AvgIpc) is 3.15. The fourth-order valence-corrected chi connectivity index (χ4v) is 2.28. The van der Waals surface area contributed by atoms with E-state index in [2.05, 4.69) is 20.1 Å². The summed E-state index contributed by atoms with van der Waals surface area (Å²) in [6, 6.07) is 5.93. The molecule has 114 valence electrons. The second-order valence-corrected chi connectivity index (χ2v) is 4.92. The largest absolute Gasteiger partial charge is 0.464 e. The van der Waals surface area contributed by atoms with Crippen LogP contribution in [0.15, 0.2) is 45.8 Å². The molecule has 0 aliphatic heterocycles. The zero-order valence-electron chi connectivity index (χ0n) is 11.7. The Balaban J connectivity index is 1.64. The van der Waals surface area contributed by atoms with Gasteiger partial charge < -0.3 is 14.7 Å². The second kappa shape index (κ2) is 5.16. The van der Waals surface area contributed by atoms with Crippen molar-refractivity contribution in [2.45, 2.75) is 6.42 Å². The van der Waals surface area contributed by atoms with E-state index in [1.54, 1.807) is 18.4 Å². The summed E-state index contributed by atoms with van der Waals surface area (Å²) in [4.78, 5) is 12.1. The first kappa shape index (κ1) is 13.4. The van der Waals surface area contributed by atoms with Crippen LogP contribution < -0.4 is 5.73 Å². The zero-order chi connectivity index (χ0) is 15.8. The lowest BCUT2D eigenvalue weighted by Gasteiger charge is -1.94. The summed E-state index contributed by atoms with van der Waals surface area (Å²) in [5.41, 5.74) is 7.39. The number of hydrogen-bond acceptors (Lipinski definition) is 7. The molecule has 7 nitrogen and oxygen atoms in total. The summed E-state index contributed by atoms with van der Waals surface area (Å²) >= 11 is 0. The highest BCUT2D eigenvalue weighted by Crippen LogP contribution is 2.24. The maximum absolute atomic E-state index is 13.2. The number of hydrogen-bond donors (Lipinski definition) is 1. The van der Waals surface area contributed by atoms with Gasteiger partial charge in [-0.1, -0.05) is 5.16 Å². The maximum atomic E-state index is 13.2. The molecule has 0 aliphatic carbocycles. The van der Waals surface area contributed by atoms with Gasteiger partial charge in [-0.25, -0.2) is 14.4 Å². The Kier molecular flexibility index (Phi) is 3.00. The number of nitrogen functional groups attached to an aromatic ring is 1. The van der Waals surface area contributed by atoms with E-state index >= 15 is 0 Å². The Morgan fingerprint density at radius 2 is 2.09 bits per heavy atom. The Hall–Kier alpha value is -3.29. The lowest BCUT2D eigenvalue weighted by Crippen LogP contribution is -1.94. The van der Waals surface area contributed by atoms with E-state index in [-0.39, 0.29) is 5.82 Å². The highest BCUT2D eigenvalue weighted by Gasteiger charge is 2.14. The van der Waals surface area contributed by atoms with E-state index in [9.17, 15) is 4.39 Å². The molecule has 0 atom stereocenters. The van der Waals surface area contributed by atoms with Crippen LogP contribution in [0.4, 0.5) is 10.2 Å². The number of halogens is 1. The molecule has 0 aliphatic rings. The molecule has 0 radical (unpaired) electrons. The fourth-order valence-electron chi connectivity index (χ4n) is 2.28. The van der Waals surface area contributed by atoms with E-state index in [0.717, 1.165) is 10.9 Å². The summed E-state index contributed by atoms with van der Waals surface area (Å²) in [6.07, 6.45) is 3.25. The summed E-state index contributed by atoms with van der Waals surface area (Å²) in [5.74, 6) is 0.696. The fraction of sp³-hybridized carbons (Fsp3) is 0.0667. The molecule has 0 fully saturated rings. The van der Waals surface area contributed by atoms with Crippen LogP contribution in [-0.2, 0) is 6.42 Å². The zero-order valence-corrected chi connectivity index (χ0v) is 11.7. The number of nitrogens with zero attached hydrogens (tertiary/aromatic N) is 4. The molecule has 0 spiro atoms. The number of nitrogens with two attached hydrogens (primary N) is 1. The Morgan fingerprint density at radius 1 is 1.17 bits per heavy atom.